The number of hydrogen-bond donors (Lipinski definition) is 1. The molecule has 0 saturated heterocycles. The Morgan fingerprint density at radius 1 is 1.03 bits per heavy atom. The number of nitrogens with one attached hydrogen (secondary N) is 1. The third-order valence-electron chi connectivity index (χ3n) is 4.63. The SMILES string of the molecule is COc1ccccc1N(C)S(=O)(=O)c1ccc(C(=O)Nc2ccc(C)c(F)c2)cc1. The van der Waals surface area contributed by atoms with Gasteiger partial charge in [-0.25, -0.2) is 12.8 Å². The maximum Gasteiger partial charge on any atom is 0.264 e. The van der Waals surface area contributed by atoms with Gasteiger partial charge in [0.05, 0.1) is 17.7 Å². The van der Waals surface area contributed by atoms with Crippen LogP contribution >= 0.6 is 0 Å². The first-order chi connectivity index (χ1) is 14.2. The molecule has 0 atom stereocenters. The highest BCUT2D eigenvalue weighted by molar-refractivity contribution is 7.92. The molecule has 156 valence electrons. The molecule has 0 radical (unpaired) electrons. The van der Waals surface area contributed by atoms with Crippen LogP contribution in [-0.4, -0.2) is 28.5 Å². The van der Waals surface area contributed by atoms with Gasteiger partial charge in [0.2, 0.25) is 0 Å². The highest BCUT2D eigenvalue weighted by Gasteiger charge is 2.24. The van der Waals surface area contributed by atoms with Gasteiger partial charge in [-0.05, 0) is 61.0 Å². The summed E-state index contributed by atoms with van der Waals surface area (Å²) in [5, 5.41) is 2.59. The topological polar surface area (TPSA) is 75.7 Å². The summed E-state index contributed by atoms with van der Waals surface area (Å²) < 4.78 is 46.0. The van der Waals surface area contributed by atoms with Crippen molar-refractivity contribution in [3.63, 3.8) is 0 Å². The Kier molecular flexibility index (Phi) is 6.07. The van der Waals surface area contributed by atoms with Crippen molar-refractivity contribution in [1.29, 1.82) is 0 Å². The van der Waals surface area contributed by atoms with Crippen molar-refractivity contribution in [2.45, 2.75) is 11.8 Å². The van der Waals surface area contributed by atoms with Gasteiger partial charge in [0.25, 0.3) is 15.9 Å². The number of amides is 1. The molecule has 0 fully saturated rings. The van der Waals surface area contributed by atoms with Crippen LogP contribution in [0.2, 0.25) is 0 Å². The van der Waals surface area contributed by atoms with Crippen molar-refractivity contribution in [2.75, 3.05) is 23.8 Å². The third-order valence-corrected chi connectivity index (χ3v) is 6.41. The highest BCUT2D eigenvalue weighted by atomic mass is 32.2. The molecule has 30 heavy (non-hydrogen) atoms. The first-order valence-electron chi connectivity index (χ1n) is 9.03. The van der Waals surface area contributed by atoms with E-state index in [2.05, 4.69) is 5.32 Å². The molecule has 0 aliphatic rings. The number of sulfonamides is 1. The fraction of sp³-hybridized carbons (Fsp3) is 0.136. The normalized spacial score (nSPS) is 11.1. The van der Waals surface area contributed by atoms with E-state index in [0.29, 0.717) is 22.7 Å². The summed E-state index contributed by atoms with van der Waals surface area (Å²) in [6.45, 7) is 1.63. The molecule has 3 aromatic rings. The van der Waals surface area contributed by atoms with E-state index in [0.717, 1.165) is 4.31 Å². The van der Waals surface area contributed by atoms with Gasteiger partial charge in [-0.3, -0.25) is 9.10 Å². The van der Waals surface area contributed by atoms with E-state index >= 15 is 0 Å². The molecular weight excluding hydrogens is 407 g/mol. The molecule has 0 heterocycles. The standard InChI is InChI=1S/C22H21FN2O4S/c1-15-8-11-17(14-19(15)23)24-22(26)16-9-12-18(13-10-16)30(27,28)25(2)20-6-4-5-7-21(20)29-3/h4-14H,1-3H3,(H,24,26). The van der Waals surface area contributed by atoms with Gasteiger partial charge in [0, 0.05) is 18.3 Å². The fourth-order valence-electron chi connectivity index (χ4n) is 2.83. The van der Waals surface area contributed by atoms with Crippen molar-refractivity contribution in [2.24, 2.45) is 0 Å². The van der Waals surface area contributed by atoms with E-state index in [1.807, 2.05) is 0 Å². The number of anilines is 2. The van der Waals surface area contributed by atoms with Crippen LogP contribution in [0.1, 0.15) is 15.9 Å². The maximum atomic E-state index is 13.7. The van der Waals surface area contributed by atoms with Gasteiger partial charge >= 0.3 is 0 Å². The molecular formula is C22H21FN2O4S. The fourth-order valence-corrected chi connectivity index (χ4v) is 4.04. The number of ether oxygens (including phenoxy) is 1. The molecule has 6 nitrogen and oxygen atoms in total. The predicted molar refractivity (Wildman–Crippen MR) is 114 cm³/mol. The van der Waals surface area contributed by atoms with E-state index < -0.39 is 21.7 Å². The van der Waals surface area contributed by atoms with Crippen molar-refractivity contribution >= 4 is 27.3 Å². The lowest BCUT2D eigenvalue weighted by Crippen LogP contribution is -2.27. The number of benzene rings is 3. The van der Waals surface area contributed by atoms with Crippen LogP contribution in [0.15, 0.2) is 71.6 Å². The number of aryl methyl sites for hydroxylation is 1. The minimum absolute atomic E-state index is 0.0221. The molecule has 0 spiro atoms. The summed E-state index contributed by atoms with van der Waals surface area (Å²) in [6.07, 6.45) is 0. The van der Waals surface area contributed by atoms with E-state index in [1.54, 1.807) is 43.3 Å². The van der Waals surface area contributed by atoms with Crippen molar-refractivity contribution in [3.05, 3.63) is 83.7 Å². The van der Waals surface area contributed by atoms with Crippen LogP contribution in [0.5, 0.6) is 5.75 Å². The Balaban J connectivity index is 1.81. The van der Waals surface area contributed by atoms with E-state index in [1.165, 1.54) is 44.5 Å². The second kappa shape index (κ2) is 8.54. The quantitative estimate of drug-likeness (QED) is 0.638. The Labute approximate surface area is 175 Å². The lowest BCUT2D eigenvalue weighted by molar-refractivity contribution is 0.102. The van der Waals surface area contributed by atoms with Crippen LogP contribution in [0.25, 0.3) is 0 Å². The molecule has 0 aromatic heterocycles. The largest absolute Gasteiger partial charge is 0.495 e. The monoisotopic (exact) mass is 428 g/mol. The summed E-state index contributed by atoms with van der Waals surface area (Å²) in [5.41, 5.74) is 1.43. The highest BCUT2D eigenvalue weighted by Crippen LogP contribution is 2.30. The number of para-hydroxylation sites is 2. The van der Waals surface area contributed by atoms with E-state index in [4.69, 9.17) is 4.74 Å². The molecule has 3 aromatic carbocycles. The zero-order chi connectivity index (χ0) is 21.9. The van der Waals surface area contributed by atoms with E-state index in [9.17, 15) is 17.6 Å². The van der Waals surface area contributed by atoms with Gasteiger partial charge < -0.3 is 10.1 Å². The van der Waals surface area contributed by atoms with Crippen LogP contribution < -0.4 is 14.4 Å². The molecule has 0 aliphatic carbocycles. The minimum atomic E-state index is -3.86. The van der Waals surface area contributed by atoms with E-state index in [-0.39, 0.29) is 10.5 Å². The van der Waals surface area contributed by atoms with Gasteiger partial charge in [0.15, 0.2) is 0 Å². The number of methoxy groups -OCH3 is 1. The van der Waals surface area contributed by atoms with Crippen LogP contribution in [0.3, 0.4) is 0 Å². The van der Waals surface area contributed by atoms with Crippen LogP contribution in [-0.2, 0) is 10.0 Å². The Morgan fingerprint density at radius 2 is 1.70 bits per heavy atom. The summed E-state index contributed by atoms with van der Waals surface area (Å²) in [4.78, 5) is 12.4. The van der Waals surface area contributed by atoms with Gasteiger partial charge in [-0.1, -0.05) is 18.2 Å². The first-order valence-corrected chi connectivity index (χ1v) is 10.5. The zero-order valence-electron chi connectivity index (χ0n) is 16.7. The summed E-state index contributed by atoms with van der Waals surface area (Å²) in [7, 11) is -0.969. The molecule has 0 bridgehead atoms. The van der Waals surface area contributed by atoms with Gasteiger partial charge in [-0.15, -0.1) is 0 Å². The molecule has 0 unspecified atom stereocenters. The molecule has 1 amide bonds. The molecule has 8 heteroatoms. The second-order valence-electron chi connectivity index (χ2n) is 6.59. The lowest BCUT2D eigenvalue weighted by atomic mass is 10.2. The summed E-state index contributed by atoms with van der Waals surface area (Å²) >= 11 is 0. The van der Waals surface area contributed by atoms with Crippen molar-refractivity contribution < 1.29 is 22.3 Å². The number of carbonyl (C=O) groups excluding carboxylic acids is 1. The maximum absolute atomic E-state index is 13.7. The van der Waals surface area contributed by atoms with Crippen LogP contribution in [0, 0.1) is 12.7 Å². The second-order valence-corrected chi connectivity index (χ2v) is 8.56. The number of hydrogen-bond acceptors (Lipinski definition) is 4. The Morgan fingerprint density at radius 3 is 2.33 bits per heavy atom. The molecule has 3 rings (SSSR count). The average Bonchev–Trinajstić information content (AvgIpc) is 2.75. The number of halogens is 1. The average molecular weight is 428 g/mol. The van der Waals surface area contributed by atoms with Crippen molar-refractivity contribution in [3.8, 4) is 5.75 Å². The summed E-state index contributed by atoms with van der Waals surface area (Å²) in [6, 6.07) is 16.7. The third kappa shape index (κ3) is 4.28. The molecule has 1 N–H and O–H groups in total. The predicted octanol–water partition coefficient (Wildman–Crippen LogP) is 4.22. The van der Waals surface area contributed by atoms with Gasteiger partial charge in [0.1, 0.15) is 11.6 Å². The first kappa shape index (κ1) is 21.3. The van der Waals surface area contributed by atoms with Gasteiger partial charge in [-0.2, -0.15) is 0 Å². The van der Waals surface area contributed by atoms with Crippen LogP contribution in [0.4, 0.5) is 15.8 Å². The zero-order valence-corrected chi connectivity index (χ0v) is 17.5. The summed E-state index contributed by atoms with van der Waals surface area (Å²) in [5.74, 6) is -0.473. The molecule has 0 aliphatic heterocycles. The Bertz CT molecular complexity index is 1180. The number of carbonyl (C=O) groups is 1. The Hall–Kier alpha value is -3.39. The van der Waals surface area contributed by atoms with Crippen molar-refractivity contribution in [1.82, 2.24) is 0 Å². The smallest absolute Gasteiger partial charge is 0.264 e. The minimum Gasteiger partial charge on any atom is -0.495 e. The molecule has 0 saturated carbocycles. The lowest BCUT2D eigenvalue weighted by Gasteiger charge is -2.21. The number of nitrogens with zero attached hydrogens (tertiary/aromatic N) is 1. The number of rotatable bonds is 6.